The lowest BCUT2D eigenvalue weighted by Gasteiger charge is -2.20. The highest BCUT2D eigenvalue weighted by molar-refractivity contribution is 5.46. The molecule has 12 heavy (non-hydrogen) atoms. The summed E-state index contributed by atoms with van der Waals surface area (Å²) in [4.78, 5) is 0. The highest BCUT2D eigenvalue weighted by Crippen LogP contribution is 2.29. The summed E-state index contributed by atoms with van der Waals surface area (Å²) in [6, 6.07) is 0. The van der Waals surface area contributed by atoms with Gasteiger partial charge in [0.15, 0.2) is 0 Å². The van der Waals surface area contributed by atoms with Gasteiger partial charge >= 0.3 is 0 Å². The number of rotatable bonds is 2. The molecule has 0 amide bonds. The first-order valence-electron chi connectivity index (χ1n) is 4.36. The molecule has 1 aliphatic carbocycles. The van der Waals surface area contributed by atoms with Crippen molar-refractivity contribution >= 4 is 0 Å². The maximum atomic E-state index is 3.99. The van der Waals surface area contributed by atoms with E-state index in [1.54, 1.807) is 0 Å². The Kier molecular flexibility index (Phi) is 2.69. The van der Waals surface area contributed by atoms with Gasteiger partial charge in [-0.25, -0.2) is 0 Å². The van der Waals surface area contributed by atoms with E-state index in [1.165, 1.54) is 11.1 Å². The molecule has 0 bridgehead atoms. The van der Waals surface area contributed by atoms with Crippen LogP contribution in [0, 0.1) is 5.92 Å². The van der Waals surface area contributed by atoms with Crippen LogP contribution in [0.3, 0.4) is 0 Å². The first-order chi connectivity index (χ1) is 5.66. The second kappa shape index (κ2) is 3.57. The Morgan fingerprint density at radius 3 is 2.83 bits per heavy atom. The van der Waals surface area contributed by atoms with Crippen molar-refractivity contribution < 1.29 is 0 Å². The fourth-order valence-electron chi connectivity index (χ4n) is 1.72. The predicted molar refractivity (Wildman–Crippen MR) is 55.0 cm³/mol. The molecule has 0 heteroatoms. The molecule has 1 unspecified atom stereocenters. The highest BCUT2D eigenvalue weighted by atomic mass is 14.2. The van der Waals surface area contributed by atoms with Crippen LogP contribution in [0.1, 0.15) is 20.3 Å². The van der Waals surface area contributed by atoms with Crippen molar-refractivity contribution in [2.45, 2.75) is 20.3 Å². The van der Waals surface area contributed by atoms with Crippen LogP contribution < -0.4 is 0 Å². The molecule has 0 aliphatic heterocycles. The largest absolute Gasteiger partial charge is 0.0985 e. The normalized spacial score (nSPS) is 22.7. The average molecular weight is 160 g/mol. The van der Waals surface area contributed by atoms with Gasteiger partial charge in [-0.1, -0.05) is 38.3 Å². The quantitative estimate of drug-likeness (QED) is 0.541. The third kappa shape index (κ3) is 1.58. The minimum absolute atomic E-state index is 0.598. The molecular weight excluding hydrogens is 144 g/mol. The molecule has 0 aromatic carbocycles. The zero-order valence-corrected chi connectivity index (χ0v) is 7.93. The van der Waals surface area contributed by atoms with Gasteiger partial charge in [0.25, 0.3) is 0 Å². The summed E-state index contributed by atoms with van der Waals surface area (Å²) < 4.78 is 0. The molecule has 0 aromatic heterocycles. The summed E-state index contributed by atoms with van der Waals surface area (Å²) in [6.07, 6.45) is 7.36. The summed E-state index contributed by atoms with van der Waals surface area (Å²) >= 11 is 0. The molecule has 1 aliphatic rings. The van der Waals surface area contributed by atoms with E-state index in [1.807, 2.05) is 6.08 Å². The van der Waals surface area contributed by atoms with Gasteiger partial charge in [0.1, 0.15) is 0 Å². The second-order valence-electron chi connectivity index (χ2n) is 3.37. The first-order valence-corrected chi connectivity index (χ1v) is 4.36. The molecule has 0 heterocycles. The van der Waals surface area contributed by atoms with E-state index in [0.717, 1.165) is 12.0 Å². The van der Waals surface area contributed by atoms with Crippen LogP contribution in [-0.4, -0.2) is 0 Å². The minimum Gasteiger partial charge on any atom is -0.0985 e. The lowest BCUT2D eigenvalue weighted by atomic mass is 9.85. The van der Waals surface area contributed by atoms with Gasteiger partial charge in [-0.3, -0.25) is 0 Å². The average Bonchev–Trinajstić information content (AvgIpc) is 2.03. The first kappa shape index (κ1) is 9.05. The van der Waals surface area contributed by atoms with Crippen molar-refractivity contribution in [3.63, 3.8) is 0 Å². The van der Waals surface area contributed by atoms with Crippen LogP contribution in [0.5, 0.6) is 0 Å². The van der Waals surface area contributed by atoms with E-state index in [9.17, 15) is 0 Å². The van der Waals surface area contributed by atoms with Crippen LogP contribution >= 0.6 is 0 Å². The zero-order chi connectivity index (χ0) is 9.14. The molecule has 0 radical (unpaired) electrons. The SMILES string of the molecule is C=CC(=C)C1=C(C)C=CCC1C. The lowest BCUT2D eigenvalue weighted by Crippen LogP contribution is -2.05. The lowest BCUT2D eigenvalue weighted by molar-refractivity contribution is 0.689. The van der Waals surface area contributed by atoms with Crippen LogP contribution in [0.4, 0.5) is 0 Å². The standard InChI is InChI=1S/C12H16/c1-5-9(2)12-10(3)7-6-8-11(12)4/h5-7,11H,1-2,8H2,3-4H3. The van der Waals surface area contributed by atoms with Crippen LogP contribution in [-0.2, 0) is 0 Å². The van der Waals surface area contributed by atoms with Crippen molar-refractivity contribution in [1.29, 1.82) is 0 Å². The second-order valence-corrected chi connectivity index (χ2v) is 3.37. The van der Waals surface area contributed by atoms with Crippen molar-refractivity contribution in [3.05, 3.63) is 48.1 Å². The maximum absolute atomic E-state index is 3.99. The van der Waals surface area contributed by atoms with E-state index >= 15 is 0 Å². The van der Waals surface area contributed by atoms with Crippen molar-refractivity contribution in [3.8, 4) is 0 Å². The molecule has 1 rings (SSSR count). The van der Waals surface area contributed by atoms with Crippen molar-refractivity contribution in [2.24, 2.45) is 5.92 Å². The third-order valence-corrected chi connectivity index (χ3v) is 2.37. The van der Waals surface area contributed by atoms with Gasteiger partial charge in [0, 0.05) is 0 Å². The van der Waals surface area contributed by atoms with Gasteiger partial charge in [0.2, 0.25) is 0 Å². The number of hydrogen-bond donors (Lipinski definition) is 0. The fraction of sp³-hybridized carbons (Fsp3) is 0.333. The van der Waals surface area contributed by atoms with E-state index in [4.69, 9.17) is 0 Å². The van der Waals surface area contributed by atoms with E-state index in [0.29, 0.717) is 5.92 Å². The maximum Gasteiger partial charge on any atom is -0.0147 e. The third-order valence-electron chi connectivity index (χ3n) is 2.37. The van der Waals surface area contributed by atoms with Crippen LogP contribution in [0.15, 0.2) is 48.1 Å². The Hall–Kier alpha value is -1.04. The summed E-state index contributed by atoms with van der Waals surface area (Å²) in [5.74, 6) is 0.598. The van der Waals surface area contributed by atoms with E-state index in [2.05, 4.69) is 39.2 Å². The Labute approximate surface area is 75.0 Å². The Bertz CT molecular complexity index is 264. The molecule has 0 aromatic rings. The van der Waals surface area contributed by atoms with Gasteiger partial charge in [-0.05, 0) is 36.0 Å². The molecule has 0 spiro atoms. The van der Waals surface area contributed by atoms with E-state index < -0.39 is 0 Å². The van der Waals surface area contributed by atoms with Crippen molar-refractivity contribution in [2.75, 3.05) is 0 Å². The van der Waals surface area contributed by atoms with Crippen molar-refractivity contribution in [1.82, 2.24) is 0 Å². The Balaban J connectivity index is 3.03. The molecular formula is C12H16. The smallest absolute Gasteiger partial charge is 0.0147 e. The van der Waals surface area contributed by atoms with Crippen LogP contribution in [0.25, 0.3) is 0 Å². The molecule has 0 fully saturated rings. The Morgan fingerprint density at radius 1 is 1.67 bits per heavy atom. The van der Waals surface area contributed by atoms with Gasteiger partial charge < -0.3 is 0 Å². The monoisotopic (exact) mass is 160 g/mol. The molecule has 1 atom stereocenters. The molecule has 0 saturated heterocycles. The van der Waals surface area contributed by atoms with E-state index in [-0.39, 0.29) is 0 Å². The summed E-state index contributed by atoms with van der Waals surface area (Å²) in [6.45, 7) is 12.1. The van der Waals surface area contributed by atoms with Gasteiger partial charge in [-0.2, -0.15) is 0 Å². The zero-order valence-electron chi connectivity index (χ0n) is 7.93. The minimum atomic E-state index is 0.598. The number of allylic oxidation sites excluding steroid dienone is 6. The molecule has 0 N–H and O–H groups in total. The summed E-state index contributed by atoms with van der Waals surface area (Å²) in [5.41, 5.74) is 3.77. The molecule has 0 saturated carbocycles. The topological polar surface area (TPSA) is 0 Å². The summed E-state index contributed by atoms with van der Waals surface area (Å²) in [5, 5.41) is 0. The number of hydrogen-bond acceptors (Lipinski definition) is 0. The predicted octanol–water partition coefficient (Wildman–Crippen LogP) is 3.64. The van der Waals surface area contributed by atoms with Crippen LogP contribution in [0.2, 0.25) is 0 Å². The summed E-state index contributed by atoms with van der Waals surface area (Å²) in [7, 11) is 0. The highest BCUT2D eigenvalue weighted by Gasteiger charge is 2.14. The molecule has 0 nitrogen and oxygen atoms in total. The Morgan fingerprint density at radius 2 is 2.33 bits per heavy atom. The fourth-order valence-corrected chi connectivity index (χ4v) is 1.72. The molecule has 64 valence electrons. The van der Waals surface area contributed by atoms with Gasteiger partial charge in [0.05, 0.1) is 0 Å². The van der Waals surface area contributed by atoms with Gasteiger partial charge in [-0.15, -0.1) is 0 Å².